The number of carbonyl (C=O) groups excluding carboxylic acids is 1. The van der Waals surface area contributed by atoms with Crippen molar-refractivity contribution in [2.45, 2.75) is 13.0 Å². The van der Waals surface area contributed by atoms with Gasteiger partial charge in [-0.05, 0) is 41.8 Å². The van der Waals surface area contributed by atoms with Crippen LogP contribution in [0.2, 0.25) is 0 Å². The minimum Gasteiger partial charge on any atom is -0.497 e. The summed E-state index contributed by atoms with van der Waals surface area (Å²) in [5.41, 5.74) is 3.87. The summed E-state index contributed by atoms with van der Waals surface area (Å²) in [5, 5.41) is 3.11. The van der Waals surface area contributed by atoms with Gasteiger partial charge >= 0.3 is 0 Å². The van der Waals surface area contributed by atoms with E-state index < -0.39 is 0 Å². The first-order valence-electron chi connectivity index (χ1n) is 8.82. The zero-order chi connectivity index (χ0) is 18.6. The van der Waals surface area contributed by atoms with Crippen LogP contribution in [0.5, 0.6) is 5.75 Å². The summed E-state index contributed by atoms with van der Waals surface area (Å²) in [6, 6.07) is 15.7. The van der Waals surface area contributed by atoms with Gasteiger partial charge in [0.15, 0.2) is 0 Å². The normalized spacial score (nSPS) is 13.0. The Labute approximate surface area is 157 Å². The highest BCUT2D eigenvalue weighted by atomic mass is 16.5. The van der Waals surface area contributed by atoms with Crippen molar-refractivity contribution in [3.8, 4) is 5.75 Å². The molecule has 0 spiro atoms. The van der Waals surface area contributed by atoms with Gasteiger partial charge in [-0.3, -0.25) is 4.79 Å². The van der Waals surface area contributed by atoms with Gasteiger partial charge in [-0.1, -0.05) is 24.3 Å². The van der Waals surface area contributed by atoms with Gasteiger partial charge in [-0.15, -0.1) is 0 Å². The van der Waals surface area contributed by atoms with Crippen molar-refractivity contribution < 1.29 is 9.53 Å². The molecule has 4 rings (SSSR count). The lowest BCUT2D eigenvalue weighted by Crippen LogP contribution is -2.36. The smallest absolute Gasteiger partial charge is 0.257 e. The third-order valence-corrected chi connectivity index (χ3v) is 4.66. The molecule has 27 heavy (non-hydrogen) atoms. The Hall–Kier alpha value is -3.41. The number of carbonyl (C=O) groups is 1. The lowest BCUT2D eigenvalue weighted by Gasteiger charge is -2.28. The van der Waals surface area contributed by atoms with E-state index in [4.69, 9.17) is 4.74 Å². The van der Waals surface area contributed by atoms with Gasteiger partial charge < -0.3 is 15.0 Å². The van der Waals surface area contributed by atoms with Crippen LogP contribution in [0.25, 0.3) is 0 Å². The van der Waals surface area contributed by atoms with E-state index in [0.717, 1.165) is 17.9 Å². The first-order valence-corrected chi connectivity index (χ1v) is 8.82. The molecule has 0 atom stereocenters. The number of nitrogens with zero attached hydrogens (tertiary/aromatic N) is 3. The predicted molar refractivity (Wildman–Crippen MR) is 103 cm³/mol. The Balaban J connectivity index is 1.43. The number of methoxy groups -OCH3 is 1. The van der Waals surface area contributed by atoms with E-state index >= 15 is 0 Å². The van der Waals surface area contributed by atoms with Gasteiger partial charge in [0.25, 0.3) is 5.91 Å². The van der Waals surface area contributed by atoms with Crippen molar-refractivity contribution >= 4 is 17.5 Å². The maximum absolute atomic E-state index is 12.8. The van der Waals surface area contributed by atoms with Gasteiger partial charge in [0.2, 0.25) is 5.95 Å². The average molecular weight is 360 g/mol. The summed E-state index contributed by atoms with van der Waals surface area (Å²) in [7, 11) is 1.63. The molecular formula is C21H20N4O2. The third kappa shape index (κ3) is 3.74. The number of fused-ring (bicyclic) bond motifs is 1. The van der Waals surface area contributed by atoms with Crippen molar-refractivity contribution in [3.05, 3.63) is 77.6 Å². The number of rotatable bonds is 4. The third-order valence-electron chi connectivity index (χ3n) is 4.66. The molecule has 0 unspecified atom stereocenters. The van der Waals surface area contributed by atoms with Crippen LogP contribution < -0.4 is 10.1 Å². The maximum Gasteiger partial charge on any atom is 0.257 e. The van der Waals surface area contributed by atoms with Crippen molar-refractivity contribution in [2.75, 3.05) is 19.0 Å². The minimum absolute atomic E-state index is 0.0412. The molecule has 6 heteroatoms. The molecule has 3 aromatic rings. The highest BCUT2D eigenvalue weighted by Crippen LogP contribution is 2.21. The minimum atomic E-state index is -0.0412. The molecule has 2 aromatic carbocycles. The predicted octanol–water partition coefficient (Wildman–Crippen LogP) is 3.43. The summed E-state index contributed by atoms with van der Waals surface area (Å²) in [6.07, 6.45) is 4.02. The van der Waals surface area contributed by atoms with E-state index in [1.165, 1.54) is 11.1 Å². The summed E-state index contributed by atoms with van der Waals surface area (Å²) in [6.45, 7) is 1.34. The maximum atomic E-state index is 12.8. The summed E-state index contributed by atoms with van der Waals surface area (Å²) < 4.78 is 5.14. The van der Waals surface area contributed by atoms with E-state index in [-0.39, 0.29) is 5.91 Å². The molecule has 0 radical (unpaired) electrons. The van der Waals surface area contributed by atoms with Gasteiger partial charge in [-0.2, -0.15) is 0 Å². The molecule has 1 amide bonds. The second kappa shape index (κ2) is 7.45. The second-order valence-electron chi connectivity index (χ2n) is 6.39. The van der Waals surface area contributed by atoms with Crippen LogP contribution in [0, 0.1) is 0 Å². The van der Waals surface area contributed by atoms with Crippen molar-refractivity contribution in [1.82, 2.24) is 14.9 Å². The Morgan fingerprint density at radius 3 is 2.44 bits per heavy atom. The van der Waals surface area contributed by atoms with Crippen molar-refractivity contribution in [3.63, 3.8) is 0 Å². The molecule has 0 saturated heterocycles. The number of anilines is 2. The van der Waals surface area contributed by atoms with Crippen LogP contribution in [-0.4, -0.2) is 34.4 Å². The summed E-state index contributed by atoms with van der Waals surface area (Å²) >= 11 is 0. The lowest BCUT2D eigenvalue weighted by molar-refractivity contribution is 0.0734. The quantitative estimate of drug-likeness (QED) is 0.772. The van der Waals surface area contributed by atoms with Crippen molar-refractivity contribution in [2.24, 2.45) is 0 Å². The van der Waals surface area contributed by atoms with Gasteiger partial charge in [0, 0.05) is 31.2 Å². The molecule has 136 valence electrons. The molecule has 1 aliphatic rings. The molecular weight excluding hydrogens is 340 g/mol. The van der Waals surface area contributed by atoms with Crippen LogP contribution in [0.1, 0.15) is 21.5 Å². The molecule has 2 heterocycles. The van der Waals surface area contributed by atoms with Gasteiger partial charge in [0.1, 0.15) is 5.75 Å². The lowest BCUT2D eigenvalue weighted by atomic mass is 9.99. The topological polar surface area (TPSA) is 67.3 Å². The number of hydrogen-bond donors (Lipinski definition) is 1. The zero-order valence-corrected chi connectivity index (χ0v) is 15.1. The van der Waals surface area contributed by atoms with E-state index in [1.54, 1.807) is 19.5 Å². The number of aromatic nitrogens is 2. The standard InChI is InChI=1S/C21H20N4O2/c1-27-19-8-6-18(7-9-19)24-21-22-12-17(13-23-21)20(26)25-11-10-15-4-2-3-5-16(15)14-25/h2-9,12-13H,10-11,14H2,1H3,(H,22,23,24). The van der Waals surface area contributed by atoms with Crippen LogP contribution in [0.4, 0.5) is 11.6 Å². The zero-order valence-electron chi connectivity index (χ0n) is 15.1. The number of hydrogen-bond acceptors (Lipinski definition) is 5. The Kier molecular flexibility index (Phi) is 4.70. The van der Waals surface area contributed by atoms with Crippen LogP contribution >= 0.6 is 0 Å². The Morgan fingerprint density at radius 1 is 1.04 bits per heavy atom. The molecule has 0 fully saturated rings. The number of ether oxygens (including phenoxy) is 1. The summed E-state index contributed by atoms with van der Waals surface area (Å²) in [5.74, 6) is 1.19. The van der Waals surface area contributed by atoms with Gasteiger partial charge in [0.05, 0.1) is 12.7 Å². The SMILES string of the molecule is COc1ccc(Nc2ncc(C(=O)N3CCc4ccccc4C3)cn2)cc1. The van der Waals surface area contributed by atoms with E-state index in [0.29, 0.717) is 24.6 Å². The first-order chi connectivity index (χ1) is 13.2. The van der Waals surface area contributed by atoms with E-state index in [2.05, 4.69) is 27.4 Å². The number of benzene rings is 2. The fourth-order valence-corrected chi connectivity index (χ4v) is 3.16. The fourth-order valence-electron chi connectivity index (χ4n) is 3.16. The van der Waals surface area contributed by atoms with Crippen LogP contribution in [0.3, 0.4) is 0 Å². The number of nitrogens with one attached hydrogen (secondary N) is 1. The Morgan fingerprint density at radius 2 is 1.74 bits per heavy atom. The highest BCUT2D eigenvalue weighted by Gasteiger charge is 2.22. The number of amides is 1. The van der Waals surface area contributed by atoms with E-state index in [9.17, 15) is 4.79 Å². The van der Waals surface area contributed by atoms with Gasteiger partial charge in [-0.25, -0.2) is 9.97 Å². The van der Waals surface area contributed by atoms with E-state index in [1.807, 2.05) is 41.3 Å². The molecule has 0 saturated carbocycles. The summed E-state index contributed by atoms with van der Waals surface area (Å²) in [4.78, 5) is 23.2. The highest BCUT2D eigenvalue weighted by molar-refractivity contribution is 5.93. The fraction of sp³-hybridized carbons (Fsp3) is 0.190. The van der Waals surface area contributed by atoms with Crippen LogP contribution in [0.15, 0.2) is 60.9 Å². The second-order valence-corrected chi connectivity index (χ2v) is 6.39. The van der Waals surface area contributed by atoms with Crippen molar-refractivity contribution in [1.29, 1.82) is 0 Å². The molecule has 1 aliphatic heterocycles. The molecule has 1 N–H and O–H groups in total. The molecule has 6 nitrogen and oxygen atoms in total. The van der Waals surface area contributed by atoms with Crippen LogP contribution in [-0.2, 0) is 13.0 Å². The Bertz CT molecular complexity index is 939. The monoisotopic (exact) mass is 360 g/mol. The average Bonchev–Trinajstić information content (AvgIpc) is 2.74. The first kappa shape index (κ1) is 17.0. The molecule has 1 aromatic heterocycles. The molecule has 0 bridgehead atoms. The molecule has 0 aliphatic carbocycles. The largest absolute Gasteiger partial charge is 0.497 e.